The van der Waals surface area contributed by atoms with Gasteiger partial charge in [0.2, 0.25) is 0 Å². The quantitative estimate of drug-likeness (QED) is 0.156. The van der Waals surface area contributed by atoms with E-state index in [0.717, 1.165) is 24.3 Å². The Kier molecular flexibility index (Phi) is 8.05. The van der Waals surface area contributed by atoms with Gasteiger partial charge in [0.1, 0.15) is 17.6 Å². The molecule has 0 radical (unpaired) electrons. The number of rotatable bonds is 7. The number of aliphatic hydroxyl groups excluding tert-OH is 1. The number of hydrogen-bond acceptors (Lipinski definition) is 11. The Hall–Kier alpha value is -4.55. The number of aliphatic hydroxyl groups is 2. The van der Waals surface area contributed by atoms with Crippen LogP contribution in [0.25, 0.3) is 12.2 Å². The third-order valence-corrected chi connectivity index (χ3v) is 5.50. The van der Waals surface area contributed by atoms with Crippen LogP contribution in [0.2, 0.25) is 0 Å². The topological polar surface area (TPSA) is 211 Å². The minimum Gasteiger partial charge on any atom is -0.508 e. The number of carbonyl (C=O) groups excluding carboxylic acids is 2. The molecule has 3 rings (SSSR count). The molecule has 1 fully saturated rings. The lowest BCUT2D eigenvalue weighted by atomic mass is 9.79. The maximum absolute atomic E-state index is 12.4. The summed E-state index contributed by atoms with van der Waals surface area (Å²) in [5.74, 6) is -5.05. The predicted molar refractivity (Wildman–Crippen MR) is 125 cm³/mol. The molecule has 2 aromatic rings. The number of aromatic hydroxyl groups is 4. The first kappa shape index (κ1) is 27.0. The summed E-state index contributed by atoms with van der Waals surface area (Å²) in [5.41, 5.74) is -1.91. The second-order valence-electron chi connectivity index (χ2n) is 8.39. The zero-order chi connectivity index (χ0) is 27.3. The highest BCUT2D eigenvalue weighted by atomic mass is 16.6. The van der Waals surface area contributed by atoms with Crippen LogP contribution in [0.4, 0.5) is 0 Å². The minimum absolute atomic E-state index is 0.243. The van der Waals surface area contributed by atoms with Gasteiger partial charge < -0.3 is 45.2 Å². The number of carboxylic acid groups (broad SMARTS) is 1. The SMILES string of the molecule is O=C(C=Cc1ccc(O)c(O)c1)OC1C[C@](O)(C(=O)O)CC(O)C1OC(=O)C=Cc1cc(O)cc(O)c1. The van der Waals surface area contributed by atoms with Crippen LogP contribution in [-0.2, 0) is 23.9 Å². The molecule has 0 heterocycles. The number of benzene rings is 2. The fourth-order valence-electron chi connectivity index (χ4n) is 3.73. The molecule has 12 heteroatoms. The number of aliphatic carboxylic acids is 1. The van der Waals surface area contributed by atoms with Gasteiger partial charge in [-0.2, -0.15) is 0 Å². The van der Waals surface area contributed by atoms with Crippen LogP contribution in [0.15, 0.2) is 48.6 Å². The molecular weight excluding hydrogens is 492 g/mol. The normalized spacial score (nSPS) is 23.7. The maximum Gasteiger partial charge on any atom is 0.335 e. The average molecular weight is 516 g/mol. The lowest BCUT2D eigenvalue weighted by Crippen LogP contribution is -2.58. The van der Waals surface area contributed by atoms with Crippen LogP contribution in [0.3, 0.4) is 0 Å². The van der Waals surface area contributed by atoms with Gasteiger partial charge in [-0.15, -0.1) is 0 Å². The van der Waals surface area contributed by atoms with Crippen LogP contribution in [0.1, 0.15) is 24.0 Å². The van der Waals surface area contributed by atoms with E-state index in [0.29, 0.717) is 5.56 Å². The molecular formula is C25H24O12. The second kappa shape index (κ2) is 11.0. The van der Waals surface area contributed by atoms with E-state index in [1.54, 1.807) is 0 Å². The van der Waals surface area contributed by atoms with Gasteiger partial charge in [-0.05, 0) is 47.5 Å². The number of esters is 2. The fourth-order valence-corrected chi connectivity index (χ4v) is 3.73. The minimum atomic E-state index is -2.46. The number of ether oxygens (including phenoxy) is 2. The number of phenolic OH excluding ortho intramolecular Hbond substituents is 4. The van der Waals surface area contributed by atoms with E-state index >= 15 is 0 Å². The van der Waals surface area contributed by atoms with E-state index in [1.807, 2.05) is 0 Å². The van der Waals surface area contributed by atoms with Crippen molar-refractivity contribution in [1.82, 2.24) is 0 Å². The fraction of sp³-hybridized carbons (Fsp3) is 0.240. The first-order valence-electron chi connectivity index (χ1n) is 10.8. The molecule has 1 saturated carbocycles. The van der Waals surface area contributed by atoms with Crippen molar-refractivity contribution in [2.24, 2.45) is 0 Å². The molecule has 2 aromatic carbocycles. The van der Waals surface area contributed by atoms with Crippen molar-refractivity contribution in [1.29, 1.82) is 0 Å². The first-order chi connectivity index (χ1) is 17.4. The lowest BCUT2D eigenvalue weighted by molar-refractivity contribution is -0.204. The van der Waals surface area contributed by atoms with Crippen LogP contribution >= 0.6 is 0 Å². The van der Waals surface area contributed by atoms with Gasteiger partial charge >= 0.3 is 17.9 Å². The number of carbonyl (C=O) groups is 3. The summed E-state index contributed by atoms with van der Waals surface area (Å²) < 4.78 is 10.4. The Balaban J connectivity index is 1.76. The van der Waals surface area contributed by atoms with Gasteiger partial charge in [-0.25, -0.2) is 14.4 Å². The van der Waals surface area contributed by atoms with Crippen molar-refractivity contribution in [3.8, 4) is 23.0 Å². The lowest BCUT2D eigenvalue weighted by Gasteiger charge is -2.40. The highest BCUT2D eigenvalue weighted by Crippen LogP contribution is 2.33. The Morgan fingerprint density at radius 1 is 0.811 bits per heavy atom. The van der Waals surface area contributed by atoms with E-state index in [-0.39, 0.29) is 22.8 Å². The summed E-state index contributed by atoms with van der Waals surface area (Å²) in [6.07, 6.45) is -1.97. The van der Waals surface area contributed by atoms with E-state index in [1.165, 1.54) is 36.4 Å². The second-order valence-corrected chi connectivity index (χ2v) is 8.39. The first-order valence-corrected chi connectivity index (χ1v) is 10.8. The predicted octanol–water partition coefficient (Wildman–Crippen LogP) is 1.03. The van der Waals surface area contributed by atoms with Gasteiger partial charge in [0, 0.05) is 31.1 Å². The highest BCUT2D eigenvalue weighted by molar-refractivity contribution is 5.88. The van der Waals surface area contributed by atoms with Crippen molar-refractivity contribution < 1.29 is 59.6 Å². The summed E-state index contributed by atoms with van der Waals surface area (Å²) in [7, 11) is 0. The van der Waals surface area contributed by atoms with E-state index in [4.69, 9.17) is 9.47 Å². The number of carboxylic acids is 1. The van der Waals surface area contributed by atoms with Crippen molar-refractivity contribution in [2.75, 3.05) is 0 Å². The molecule has 1 aliphatic rings. The molecule has 0 amide bonds. The zero-order valence-corrected chi connectivity index (χ0v) is 19.1. The number of hydrogen-bond donors (Lipinski definition) is 7. The molecule has 0 spiro atoms. The molecule has 3 unspecified atom stereocenters. The largest absolute Gasteiger partial charge is 0.508 e. The number of phenols is 4. The molecule has 0 saturated heterocycles. The van der Waals surface area contributed by atoms with Crippen molar-refractivity contribution >= 4 is 30.1 Å². The summed E-state index contributed by atoms with van der Waals surface area (Å²) in [6, 6.07) is 7.31. The summed E-state index contributed by atoms with van der Waals surface area (Å²) in [6.45, 7) is 0. The molecule has 0 aliphatic heterocycles. The Morgan fingerprint density at radius 2 is 1.41 bits per heavy atom. The standard InChI is InChI=1S/C25H24O12/c26-15-7-14(8-16(27)10-15)3-6-22(32)37-23-19(30)11-25(35,24(33)34)12-20(23)36-21(31)5-2-13-1-4-17(28)18(29)9-13/h1-10,19-20,23,26-30,35H,11-12H2,(H,33,34)/t19?,20?,23?,25-/m0/s1. The van der Waals surface area contributed by atoms with Crippen LogP contribution in [0.5, 0.6) is 23.0 Å². The van der Waals surface area contributed by atoms with Gasteiger partial charge in [-0.1, -0.05) is 6.07 Å². The van der Waals surface area contributed by atoms with E-state index < -0.39 is 60.4 Å². The summed E-state index contributed by atoms with van der Waals surface area (Å²) >= 11 is 0. The van der Waals surface area contributed by atoms with Crippen LogP contribution in [0, 0.1) is 0 Å². The monoisotopic (exact) mass is 516 g/mol. The van der Waals surface area contributed by atoms with Crippen molar-refractivity contribution in [3.63, 3.8) is 0 Å². The zero-order valence-electron chi connectivity index (χ0n) is 19.1. The van der Waals surface area contributed by atoms with E-state index in [9.17, 15) is 50.1 Å². The highest BCUT2D eigenvalue weighted by Gasteiger charge is 2.52. The Labute approximate surface area is 209 Å². The third-order valence-electron chi connectivity index (χ3n) is 5.50. The molecule has 0 aromatic heterocycles. The summed E-state index contributed by atoms with van der Waals surface area (Å²) in [4.78, 5) is 36.3. The molecule has 12 nitrogen and oxygen atoms in total. The van der Waals surface area contributed by atoms with Crippen LogP contribution < -0.4 is 0 Å². The van der Waals surface area contributed by atoms with Gasteiger partial charge in [0.15, 0.2) is 23.2 Å². The van der Waals surface area contributed by atoms with Crippen molar-refractivity contribution in [2.45, 2.75) is 36.8 Å². The Morgan fingerprint density at radius 3 is 2.00 bits per heavy atom. The Bertz CT molecular complexity index is 1230. The smallest absolute Gasteiger partial charge is 0.335 e. The molecule has 196 valence electrons. The van der Waals surface area contributed by atoms with Gasteiger partial charge in [-0.3, -0.25) is 0 Å². The van der Waals surface area contributed by atoms with Gasteiger partial charge in [0.25, 0.3) is 0 Å². The van der Waals surface area contributed by atoms with Crippen molar-refractivity contribution in [3.05, 3.63) is 59.7 Å². The molecule has 4 atom stereocenters. The van der Waals surface area contributed by atoms with E-state index in [2.05, 4.69) is 0 Å². The molecule has 0 bridgehead atoms. The maximum atomic E-state index is 12.4. The van der Waals surface area contributed by atoms with Gasteiger partial charge in [0.05, 0.1) is 6.10 Å². The third kappa shape index (κ3) is 6.99. The average Bonchev–Trinajstić information content (AvgIpc) is 2.80. The molecule has 7 N–H and O–H groups in total. The summed E-state index contributed by atoms with van der Waals surface area (Å²) in [5, 5.41) is 68.2. The molecule has 1 aliphatic carbocycles. The molecule has 37 heavy (non-hydrogen) atoms. The van der Waals surface area contributed by atoms with Crippen LogP contribution in [-0.4, -0.2) is 77.6 Å².